The molecule has 0 rings (SSSR count). The van der Waals surface area contributed by atoms with Crippen LogP contribution in [0.15, 0.2) is 11.1 Å². The van der Waals surface area contributed by atoms with Gasteiger partial charge in [0.2, 0.25) is 5.91 Å². The molecule has 0 atom stereocenters. The maximum Gasteiger partial charge on any atom is 1.00 e. The summed E-state index contributed by atoms with van der Waals surface area (Å²) in [7, 11) is 0. The van der Waals surface area contributed by atoms with Crippen molar-refractivity contribution in [3.05, 3.63) is 11.1 Å². The van der Waals surface area contributed by atoms with Gasteiger partial charge in [0.15, 0.2) is 0 Å². The van der Waals surface area contributed by atoms with E-state index in [0.717, 1.165) is 0 Å². The van der Waals surface area contributed by atoms with Crippen LogP contribution in [0, 0.1) is 0 Å². The summed E-state index contributed by atoms with van der Waals surface area (Å²) in [5, 5.41) is 3.94. The number of carbonyl (C=O) groups excluding carboxylic acids is 1. The van der Waals surface area contributed by atoms with Gasteiger partial charge in [0.1, 0.15) is 0 Å². The van der Waals surface area contributed by atoms with Crippen LogP contribution in [-0.4, -0.2) is 5.91 Å². The Morgan fingerprint density at radius 1 is 1.56 bits per heavy atom. The van der Waals surface area contributed by atoms with E-state index >= 15 is 0 Å². The number of rotatable bonds is 1. The maximum absolute atomic E-state index is 10.2. The van der Waals surface area contributed by atoms with Crippen LogP contribution in [0.4, 0.5) is 0 Å². The van der Waals surface area contributed by atoms with Gasteiger partial charge in [0.25, 0.3) is 0 Å². The second kappa shape index (κ2) is 6.55. The Balaban J connectivity index is 0. The van der Waals surface area contributed by atoms with Gasteiger partial charge < -0.3 is 17.9 Å². The van der Waals surface area contributed by atoms with Crippen molar-refractivity contribution >= 4 is 18.5 Å². The standard InChI is InChI=1S/C5H9NOS.Na/c1-4(3-8)6-5(2)7;/h3,8H,1-2H3,(H,6,7);/q;+1/p-1/b4-3+;. The van der Waals surface area contributed by atoms with Crippen LogP contribution < -0.4 is 34.9 Å². The van der Waals surface area contributed by atoms with Gasteiger partial charge in [-0.25, -0.2) is 0 Å². The molecule has 0 saturated heterocycles. The summed E-state index contributed by atoms with van der Waals surface area (Å²) in [5.74, 6) is -0.0800. The summed E-state index contributed by atoms with van der Waals surface area (Å²) in [5.41, 5.74) is 0.715. The predicted molar refractivity (Wildman–Crippen MR) is 34.9 cm³/mol. The van der Waals surface area contributed by atoms with Gasteiger partial charge >= 0.3 is 29.6 Å². The smallest absolute Gasteiger partial charge is 0.786 e. The van der Waals surface area contributed by atoms with Crippen LogP contribution in [0.3, 0.4) is 0 Å². The zero-order chi connectivity index (χ0) is 6.57. The molecule has 0 saturated carbocycles. The number of allylic oxidation sites excluding steroid dienone is 1. The fraction of sp³-hybridized carbons (Fsp3) is 0.400. The largest absolute Gasteiger partial charge is 1.00 e. The second-order valence-corrected chi connectivity index (χ2v) is 1.72. The van der Waals surface area contributed by atoms with Gasteiger partial charge in [-0.2, -0.15) is 5.41 Å². The molecule has 1 N–H and O–H groups in total. The fourth-order valence-corrected chi connectivity index (χ4v) is 0.366. The first-order chi connectivity index (χ1) is 3.66. The summed E-state index contributed by atoms with van der Waals surface area (Å²) in [6.07, 6.45) is 0. The zero-order valence-corrected chi connectivity index (χ0v) is 8.71. The van der Waals surface area contributed by atoms with Crippen LogP contribution in [0.5, 0.6) is 0 Å². The monoisotopic (exact) mass is 153 g/mol. The Kier molecular flexibility index (Phi) is 8.83. The quantitative estimate of drug-likeness (QED) is 0.334. The van der Waals surface area contributed by atoms with Gasteiger partial charge in [0.05, 0.1) is 0 Å². The molecule has 46 valence electrons. The van der Waals surface area contributed by atoms with E-state index < -0.39 is 0 Å². The maximum atomic E-state index is 10.2. The van der Waals surface area contributed by atoms with Gasteiger partial charge in [-0.1, -0.05) is 0 Å². The van der Waals surface area contributed by atoms with Crippen molar-refractivity contribution in [2.24, 2.45) is 0 Å². The van der Waals surface area contributed by atoms with E-state index in [1.54, 1.807) is 6.92 Å². The Labute approximate surface area is 82.8 Å². The number of amides is 1. The average molecular weight is 153 g/mol. The first-order valence-electron chi connectivity index (χ1n) is 2.23. The summed E-state index contributed by atoms with van der Waals surface area (Å²) in [6.45, 7) is 3.19. The SMILES string of the molecule is CC(=O)N/C(C)=C/[S-].[Na+]. The van der Waals surface area contributed by atoms with E-state index in [1.807, 2.05) is 0 Å². The minimum atomic E-state index is -0.0800. The summed E-state index contributed by atoms with van der Waals surface area (Å²) >= 11 is 4.52. The molecule has 0 aromatic heterocycles. The molecule has 0 radical (unpaired) electrons. The summed E-state index contributed by atoms with van der Waals surface area (Å²) in [4.78, 5) is 10.2. The molecule has 0 aromatic carbocycles. The van der Waals surface area contributed by atoms with E-state index in [1.165, 1.54) is 12.3 Å². The molecule has 0 aliphatic carbocycles. The number of hydrogen-bond donors (Lipinski definition) is 1. The number of nitrogens with one attached hydrogen (secondary N) is 1. The van der Waals surface area contributed by atoms with Crippen LogP contribution in [-0.2, 0) is 17.4 Å². The normalized spacial score (nSPS) is 9.78. The third-order valence-corrected chi connectivity index (χ3v) is 0.904. The Morgan fingerprint density at radius 3 is 2.11 bits per heavy atom. The average Bonchev–Trinajstić information content (AvgIpc) is 1.65. The molecule has 4 heteroatoms. The first-order valence-corrected chi connectivity index (χ1v) is 2.70. The predicted octanol–water partition coefficient (Wildman–Crippen LogP) is -2.47. The summed E-state index contributed by atoms with van der Waals surface area (Å²) in [6, 6.07) is 0. The Hall–Kier alpha value is 0.430. The molecule has 9 heavy (non-hydrogen) atoms. The van der Waals surface area contributed by atoms with Crippen molar-refractivity contribution in [1.82, 2.24) is 5.32 Å². The Morgan fingerprint density at radius 2 is 2.00 bits per heavy atom. The van der Waals surface area contributed by atoms with Gasteiger partial charge in [0, 0.05) is 6.92 Å². The van der Waals surface area contributed by atoms with E-state index in [2.05, 4.69) is 17.9 Å². The van der Waals surface area contributed by atoms with Crippen LogP contribution in [0.25, 0.3) is 0 Å². The molecule has 0 aromatic rings. The topological polar surface area (TPSA) is 29.1 Å². The minimum absolute atomic E-state index is 0. The number of carbonyl (C=O) groups is 1. The van der Waals surface area contributed by atoms with Crippen molar-refractivity contribution < 1.29 is 34.4 Å². The molecular weight excluding hydrogens is 145 g/mol. The molecule has 0 aliphatic rings. The zero-order valence-electron chi connectivity index (χ0n) is 5.89. The van der Waals surface area contributed by atoms with Crippen LogP contribution in [0.1, 0.15) is 13.8 Å². The molecule has 0 fully saturated rings. The van der Waals surface area contributed by atoms with E-state index in [9.17, 15) is 4.79 Å². The minimum Gasteiger partial charge on any atom is -0.786 e. The molecule has 2 nitrogen and oxygen atoms in total. The van der Waals surface area contributed by atoms with Crippen molar-refractivity contribution in [3.8, 4) is 0 Å². The molecule has 0 spiro atoms. The van der Waals surface area contributed by atoms with E-state index in [4.69, 9.17) is 0 Å². The van der Waals surface area contributed by atoms with Crippen molar-refractivity contribution in [2.45, 2.75) is 13.8 Å². The van der Waals surface area contributed by atoms with Crippen molar-refractivity contribution in [2.75, 3.05) is 0 Å². The fourth-order valence-electron chi connectivity index (χ4n) is 0.307. The third kappa shape index (κ3) is 8.43. The summed E-state index contributed by atoms with van der Waals surface area (Å²) < 4.78 is 0. The molecule has 1 amide bonds. The molecule has 0 aliphatic heterocycles. The van der Waals surface area contributed by atoms with Crippen LogP contribution >= 0.6 is 0 Å². The van der Waals surface area contributed by atoms with Crippen molar-refractivity contribution in [1.29, 1.82) is 0 Å². The Bertz CT molecular complexity index is 124. The van der Waals surface area contributed by atoms with Gasteiger partial charge in [-0.15, -0.1) is 0 Å². The van der Waals surface area contributed by atoms with E-state index in [0.29, 0.717) is 5.70 Å². The van der Waals surface area contributed by atoms with Gasteiger partial charge in [-0.05, 0) is 12.6 Å². The van der Waals surface area contributed by atoms with Crippen molar-refractivity contribution in [3.63, 3.8) is 0 Å². The molecular formula is C5H8NNaOS. The number of hydrogen-bond acceptors (Lipinski definition) is 2. The third-order valence-electron chi connectivity index (χ3n) is 0.550. The molecule has 0 unspecified atom stereocenters. The van der Waals surface area contributed by atoms with E-state index in [-0.39, 0.29) is 35.5 Å². The first kappa shape index (κ1) is 12.1. The van der Waals surface area contributed by atoms with Gasteiger partial charge in [-0.3, -0.25) is 4.79 Å². The second-order valence-electron chi connectivity index (χ2n) is 1.48. The molecule has 0 heterocycles. The molecule has 0 bridgehead atoms. The van der Waals surface area contributed by atoms with Crippen LogP contribution in [0.2, 0.25) is 0 Å².